The molecule has 230 valence electrons. The third kappa shape index (κ3) is 6.74. The zero-order valence-corrected chi connectivity index (χ0v) is 24.7. The predicted octanol–water partition coefficient (Wildman–Crippen LogP) is 0.720. The van der Waals surface area contributed by atoms with E-state index in [4.69, 9.17) is 0 Å². The summed E-state index contributed by atoms with van der Waals surface area (Å²) in [5, 5.41) is 14.2. The Hall–Kier alpha value is -3.80. The van der Waals surface area contributed by atoms with Crippen molar-refractivity contribution in [2.24, 2.45) is 5.92 Å². The van der Waals surface area contributed by atoms with Crippen LogP contribution in [0, 0.1) is 5.92 Å². The van der Waals surface area contributed by atoms with Crippen LogP contribution in [0.25, 0.3) is 0 Å². The molecule has 2 bridgehead atoms. The van der Waals surface area contributed by atoms with Gasteiger partial charge in [-0.05, 0) is 50.8 Å². The summed E-state index contributed by atoms with van der Waals surface area (Å²) >= 11 is 0. The summed E-state index contributed by atoms with van der Waals surface area (Å²) in [4.78, 5) is 60.8. The maximum absolute atomic E-state index is 14.2. The summed E-state index contributed by atoms with van der Waals surface area (Å²) < 4.78 is 1.66. The van der Waals surface area contributed by atoms with Crippen molar-refractivity contribution in [2.75, 3.05) is 32.7 Å². The van der Waals surface area contributed by atoms with E-state index in [0.717, 1.165) is 44.3 Å². The number of piperidine rings is 2. The van der Waals surface area contributed by atoms with Gasteiger partial charge < -0.3 is 20.4 Å². The normalized spacial score (nSPS) is 27.7. The third-order valence-corrected chi connectivity index (χ3v) is 9.42. The molecule has 12 nitrogen and oxygen atoms in total. The summed E-state index contributed by atoms with van der Waals surface area (Å²) in [6.07, 6.45) is 8.03. The molecular weight excluding hydrogens is 548 g/mol. The lowest BCUT2D eigenvalue weighted by Gasteiger charge is -2.47. The number of nitrogens with one attached hydrogen (secondary N) is 2. The number of rotatable bonds is 3. The van der Waals surface area contributed by atoms with Crippen molar-refractivity contribution in [3.63, 3.8) is 0 Å². The number of amides is 4. The number of aryl methyl sites for hydroxylation is 1. The molecule has 5 heterocycles. The van der Waals surface area contributed by atoms with Crippen LogP contribution in [0.15, 0.2) is 36.5 Å². The van der Waals surface area contributed by atoms with Gasteiger partial charge in [-0.25, -0.2) is 0 Å². The van der Waals surface area contributed by atoms with E-state index in [1.807, 2.05) is 30.3 Å². The Morgan fingerprint density at radius 1 is 0.930 bits per heavy atom. The van der Waals surface area contributed by atoms with E-state index in [2.05, 4.69) is 25.8 Å². The van der Waals surface area contributed by atoms with Crippen molar-refractivity contribution < 1.29 is 19.2 Å². The number of hydrogen-bond donors (Lipinski definition) is 2. The first-order valence-electron chi connectivity index (χ1n) is 15.8. The Labute approximate surface area is 252 Å². The van der Waals surface area contributed by atoms with E-state index in [1.54, 1.807) is 20.7 Å². The lowest BCUT2D eigenvalue weighted by atomic mass is 9.82. The second-order valence-corrected chi connectivity index (χ2v) is 12.3. The van der Waals surface area contributed by atoms with E-state index in [9.17, 15) is 19.2 Å². The molecular formula is C31H42N8O4. The van der Waals surface area contributed by atoms with Gasteiger partial charge in [-0.15, -0.1) is 5.10 Å². The molecule has 12 heteroatoms. The van der Waals surface area contributed by atoms with Gasteiger partial charge in [0.25, 0.3) is 0 Å². The number of nitrogens with zero attached hydrogens (tertiary/aromatic N) is 6. The third-order valence-electron chi connectivity index (χ3n) is 9.42. The average Bonchev–Trinajstić information content (AvgIpc) is 3.49. The predicted molar refractivity (Wildman–Crippen MR) is 157 cm³/mol. The van der Waals surface area contributed by atoms with Crippen LogP contribution >= 0.6 is 0 Å². The molecule has 4 aliphatic heterocycles. The van der Waals surface area contributed by atoms with Crippen molar-refractivity contribution in [3.8, 4) is 0 Å². The van der Waals surface area contributed by atoms with Crippen LogP contribution in [0.4, 0.5) is 0 Å². The second-order valence-electron chi connectivity index (χ2n) is 12.3. The zero-order chi connectivity index (χ0) is 29.8. The molecule has 4 amide bonds. The highest BCUT2D eigenvalue weighted by atomic mass is 16.2. The smallest absolute Gasteiger partial charge is 0.246 e. The van der Waals surface area contributed by atoms with Gasteiger partial charge in [0.15, 0.2) is 0 Å². The zero-order valence-electron chi connectivity index (χ0n) is 24.7. The fourth-order valence-corrected chi connectivity index (χ4v) is 7.19. The summed E-state index contributed by atoms with van der Waals surface area (Å²) in [5.41, 5.74) is 1.51. The number of benzene rings is 1. The second kappa shape index (κ2) is 13.2. The molecule has 3 fully saturated rings. The van der Waals surface area contributed by atoms with Crippen LogP contribution in [-0.4, -0.2) is 104 Å². The Bertz CT molecular complexity index is 1310. The molecule has 0 spiro atoms. The molecule has 0 unspecified atom stereocenters. The molecule has 1 aromatic heterocycles. The molecule has 1 aromatic carbocycles. The highest BCUT2D eigenvalue weighted by Gasteiger charge is 2.44. The number of piperazine rings is 1. The minimum absolute atomic E-state index is 0.0817. The van der Waals surface area contributed by atoms with Crippen LogP contribution < -0.4 is 10.6 Å². The van der Waals surface area contributed by atoms with E-state index < -0.39 is 12.1 Å². The number of aromatic nitrogens is 3. The fourth-order valence-electron chi connectivity index (χ4n) is 7.19. The van der Waals surface area contributed by atoms with E-state index >= 15 is 0 Å². The van der Waals surface area contributed by atoms with Crippen LogP contribution in [0.5, 0.6) is 0 Å². The van der Waals surface area contributed by atoms with Crippen molar-refractivity contribution >= 4 is 23.6 Å². The van der Waals surface area contributed by atoms with Gasteiger partial charge in [0.2, 0.25) is 23.6 Å². The van der Waals surface area contributed by atoms with Gasteiger partial charge >= 0.3 is 0 Å². The first kappa shape index (κ1) is 29.3. The maximum atomic E-state index is 14.2. The van der Waals surface area contributed by atoms with Gasteiger partial charge in [0.1, 0.15) is 17.8 Å². The summed E-state index contributed by atoms with van der Waals surface area (Å²) in [6, 6.07) is 8.11. The largest absolute Gasteiger partial charge is 0.348 e. The lowest BCUT2D eigenvalue weighted by Crippen LogP contribution is -2.65. The van der Waals surface area contributed by atoms with Crippen molar-refractivity contribution in [2.45, 2.75) is 82.6 Å². The van der Waals surface area contributed by atoms with Gasteiger partial charge in [-0.2, -0.15) is 0 Å². The number of fused-ring (bicyclic) bond motifs is 4. The summed E-state index contributed by atoms with van der Waals surface area (Å²) in [6.45, 7) is 3.45. The summed E-state index contributed by atoms with van der Waals surface area (Å²) in [5.74, 6) is -0.873. The first-order valence-corrected chi connectivity index (χ1v) is 15.8. The van der Waals surface area contributed by atoms with Crippen LogP contribution in [0.1, 0.15) is 56.2 Å². The molecule has 6 rings (SSSR count). The van der Waals surface area contributed by atoms with E-state index in [0.29, 0.717) is 31.6 Å². The lowest BCUT2D eigenvalue weighted by molar-refractivity contribution is -0.153. The standard InChI is InChI=1S/C31H42N8O4/c40-28-12-7-15-38-20-23(34-35-38)19-32-29(41)27-21-37(30(42)24-10-6-14-36-13-5-4-11-26(24)36)16-17-39(27)31(43)25(33-28)18-22-8-2-1-3-9-22/h1-3,8-9,20,24-27H,4-7,10-19,21H2,(H,32,41)(H,33,40)/t24-,25+,26-,27-/m1/s1. The minimum Gasteiger partial charge on any atom is -0.348 e. The van der Waals surface area contributed by atoms with E-state index in [1.165, 1.54) is 6.42 Å². The number of carbonyl (C=O) groups is 4. The first-order chi connectivity index (χ1) is 21.0. The van der Waals surface area contributed by atoms with Crippen molar-refractivity contribution in [3.05, 3.63) is 47.8 Å². The molecule has 4 atom stereocenters. The molecule has 2 N–H and O–H groups in total. The number of carbonyl (C=O) groups excluding carboxylic acids is 4. The molecule has 0 radical (unpaired) electrons. The molecule has 43 heavy (non-hydrogen) atoms. The molecule has 0 aliphatic carbocycles. The minimum atomic E-state index is -0.883. The fraction of sp³-hybridized carbons (Fsp3) is 0.613. The monoisotopic (exact) mass is 590 g/mol. The molecule has 4 aliphatic rings. The van der Waals surface area contributed by atoms with Gasteiger partial charge in [-0.3, -0.25) is 28.8 Å². The quantitative estimate of drug-likeness (QED) is 0.538. The van der Waals surface area contributed by atoms with Gasteiger partial charge in [-0.1, -0.05) is 42.0 Å². The van der Waals surface area contributed by atoms with Crippen LogP contribution in [-0.2, 0) is 38.7 Å². The Balaban J connectivity index is 1.25. The molecule has 2 aromatic rings. The summed E-state index contributed by atoms with van der Waals surface area (Å²) in [7, 11) is 0. The number of hydrogen-bond acceptors (Lipinski definition) is 7. The van der Waals surface area contributed by atoms with Gasteiger partial charge in [0.05, 0.1) is 25.2 Å². The Morgan fingerprint density at radius 3 is 2.63 bits per heavy atom. The van der Waals surface area contributed by atoms with Crippen molar-refractivity contribution in [1.82, 2.24) is 40.3 Å². The SMILES string of the molecule is O=C1CCCn2cc(nn2)CNC(=O)[C@H]2CN(C(=O)[C@@H]3CCCN4CCCC[C@H]34)CCN2C(=O)[C@H](Cc2ccccc2)N1. The topological polar surface area (TPSA) is 133 Å². The maximum Gasteiger partial charge on any atom is 0.246 e. The highest BCUT2D eigenvalue weighted by Crippen LogP contribution is 2.32. The van der Waals surface area contributed by atoms with E-state index in [-0.39, 0.29) is 61.6 Å². The van der Waals surface area contributed by atoms with Crippen LogP contribution in [0.3, 0.4) is 0 Å². The average molecular weight is 591 g/mol. The van der Waals surface area contributed by atoms with Crippen LogP contribution in [0.2, 0.25) is 0 Å². The van der Waals surface area contributed by atoms with Crippen molar-refractivity contribution in [1.29, 1.82) is 0 Å². The Morgan fingerprint density at radius 2 is 1.77 bits per heavy atom. The molecule has 3 saturated heterocycles. The highest BCUT2D eigenvalue weighted by molar-refractivity contribution is 5.93. The molecule has 0 saturated carbocycles. The van der Waals surface area contributed by atoms with Gasteiger partial charge in [0, 0.05) is 38.5 Å². The Kier molecular flexibility index (Phi) is 9.01.